The Labute approximate surface area is 400 Å². The van der Waals surface area contributed by atoms with Crippen molar-refractivity contribution in [1.29, 1.82) is 0 Å². The molecule has 0 aliphatic rings. The van der Waals surface area contributed by atoms with Crippen molar-refractivity contribution in [2.45, 2.75) is 232 Å². The van der Waals surface area contributed by atoms with E-state index in [0.717, 1.165) is 122 Å². The van der Waals surface area contributed by atoms with Crippen LogP contribution < -0.4 is 0 Å². The molecule has 0 N–H and O–H groups in total. The molecule has 0 aromatic heterocycles. The van der Waals surface area contributed by atoms with Gasteiger partial charge in [0.25, 0.3) is 0 Å². The Balaban J connectivity index is 4.52. The zero-order chi connectivity index (χ0) is 47.2. The molecule has 6 nitrogen and oxygen atoms in total. The van der Waals surface area contributed by atoms with Crippen LogP contribution >= 0.6 is 0 Å². The highest BCUT2D eigenvalue weighted by molar-refractivity contribution is 5.71. The van der Waals surface area contributed by atoms with E-state index in [-0.39, 0.29) is 37.5 Å². The predicted molar refractivity (Wildman–Crippen MR) is 279 cm³/mol. The summed E-state index contributed by atoms with van der Waals surface area (Å²) in [5.74, 6) is -0.978. The van der Waals surface area contributed by atoms with Gasteiger partial charge >= 0.3 is 17.9 Å². The van der Waals surface area contributed by atoms with Crippen molar-refractivity contribution >= 4 is 17.9 Å². The lowest BCUT2D eigenvalue weighted by molar-refractivity contribution is -0.167. The molecule has 368 valence electrons. The fraction of sp³-hybridized carbons (Fsp3) is 0.644. The van der Waals surface area contributed by atoms with Crippen LogP contribution in [0.1, 0.15) is 226 Å². The van der Waals surface area contributed by atoms with E-state index in [1.54, 1.807) is 0 Å². The van der Waals surface area contributed by atoms with Crippen molar-refractivity contribution in [2.24, 2.45) is 0 Å². The average Bonchev–Trinajstić information content (AvgIpc) is 3.30. The van der Waals surface area contributed by atoms with Gasteiger partial charge in [0.05, 0.1) is 0 Å². The van der Waals surface area contributed by atoms with Crippen molar-refractivity contribution in [2.75, 3.05) is 13.2 Å². The lowest BCUT2D eigenvalue weighted by Gasteiger charge is -2.18. The zero-order valence-electron chi connectivity index (χ0n) is 42.0. The summed E-state index contributed by atoms with van der Waals surface area (Å²) in [6, 6.07) is 0. The molecule has 0 radical (unpaired) electrons. The molecular formula is C59H96O6. The van der Waals surface area contributed by atoms with E-state index in [9.17, 15) is 14.4 Å². The van der Waals surface area contributed by atoms with Crippen molar-refractivity contribution < 1.29 is 28.6 Å². The molecule has 0 spiro atoms. The standard InChI is InChI=1S/C59H96O6/c1-4-7-10-13-16-19-22-25-28-31-34-37-40-43-46-49-52-58(61)64-55-56(54-63-57(60)51-48-45-42-39-36-33-30-27-24-21-18-15-12-9-6-3)65-59(62)53-50-47-44-41-38-35-32-29-26-23-20-17-14-11-8-5-2/h7-8,10-11,16-17,19-21,24-26,28-29,34-35,37-38,56H,4-6,9,12-15,18,22-23,27,30-33,36,39-55H2,1-3H3/b10-7-,11-8-,19-16-,20-17-,24-21-,28-25-,29-26-,37-34-,38-35-. The molecule has 0 saturated heterocycles. The Hall–Kier alpha value is -3.93. The van der Waals surface area contributed by atoms with Crippen LogP contribution in [0.25, 0.3) is 0 Å². The topological polar surface area (TPSA) is 78.9 Å². The van der Waals surface area contributed by atoms with Gasteiger partial charge in [0.2, 0.25) is 0 Å². The molecule has 0 heterocycles. The van der Waals surface area contributed by atoms with E-state index < -0.39 is 6.10 Å². The molecule has 1 unspecified atom stereocenters. The maximum Gasteiger partial charge on any atom is 0.306 e. The smallest absolute Gasteiger partial charge is 0.306 e. The van der Waals surface area contributed by atoms with Crippen LogP contribution in [0, 0.1) is 0 Å². The summed E-state index contributed by atoms with van der Waals surface area (Å²) in [5, 5.41) is 0. The number of allylic oxidation sites excluding steroid dienone is 18. The normalized spacial score (nSPS) is 13.0. The minimum absolute atomic E-state index is 0.105. The van der Waals surface area contributed by atoms with Crippen LogP contribution in [0.15, 0.2) is 109 Å². The Morgan fingerprint density at radius 1 is 0.323 bits per heavy atom. The molecule has 0 aliphatic heterocycles. The lowest BCUT2D eigenvalue weighted by atomic mass is 10.1. The van der Waals surface area contributed by atoms with Crippen LogP contribution in [0.4, 0.5) is 0 Å². The van der Waals surface area contributed by atoms with Crippen LogP contribution in [0.3, 0.4) is 0 Å². The summed E-state index contributed by atoms with van der Waals surface area (Å²) in [4.78, 5) is 38.0. The van der Waals surface area contributed by atoms with E-state index in [1.807, 2.05) is 0 Å². The predicted octanol–water partition coefficient (Wildman–Crippen LogP) is 17.5. The van der Waals surface area contributed by atoms with Crippen LogP contribution in [-0.2, 0) is 28.6 Å². The van der Waals surface area contributed by atoms with Gasteiger partial charge in [-0.2, -0.15) is 0 Å². The minimum Gasteiger partial charge on any atom is -0.462 e. The third-order valence-corrected chi connectivity index (χ3v) is 10.7. The summed E-state index contributed by atoms with van der Waals surface area (Å²) in [6.07, 6.45) is 70.7. The van der Waals surface area contributed by atoms with Crippen LogP contribution in [0.5, 0.6) is 0 Å². The van der Waals surface area contributed by atoms with Crippen molar-refractivity contribution in [3.05, 3.63) is 109 Å². The van der Waals surface area contributed by atoms with E-state index in [4.69, 9.17) is 14.2 Å². The van der Waals surface area contributed by atoms with Crippen LogP contribution in [0.2, 0.25) is 0 Å². The molecule has 65 heavy (non-hydrogen) atoms. The number of esters is 3. The number of ether oxygens (including phenoxy) is 3. The number of hydrogen-bond acceptors (Lipinski definition) is 6. The highest BCUT2D eigenvalue weighted by Crippen LogP contribution is 2.13. The first-order valence-electron chi connectivity index (χ1n) is 26.4. The average molecular weight is 901 g/mol. The third kappa shape index (κ3) is 50.9. The highest BCUT2D eigenvalue weighted by Gasteiger charge is 2.19. The summed E-state index contributed by atoms with van der Waals surface area (Å²) >= 11 is 0. The molecular weight excluding hydrogens is 805 g/mol. The summed E-state index contributed by atoms with van der Waals surface area (Å²) in [5.41, 5.74) is 0. The molecule has 6 heteroatoms. The molecule has 0 saturated carbocycles. The van der Waals surface area contributed by atoms with Gasteiger partial charge in [-0.3, -0.25) is 14.4 Å². The quantitative estimate of drug-likeness (QED) is 0.0262. The van der Waals surface area contributed by atoms with Crippen molar-refractivity contribution in [1.82, 2.24) is 0 Å². The van der Waals surface area contributed by atoms with Gasteiger partial charge in [0, 0.05) is 19.3 Å². The van der Waals surface area contributed by atoms with E-state index in [1.165, 1.54) is 64.2 Å². The van der Waals surface area contributed by atoms with Crippen molar-refractivity contribution in [3.8, 4) is 0 Å². The summed E-state index contributed by atoms with van der Waals surface area (Å²) in [7, 11) is 0. The number of rotatable bonds is 46. The molecule has 0 aromatic rings. The van der Waals surface area contributed by atoms with E-state index in [0.29, 0.717) is 12.8 Å². The first kappa shape index (κ1) is 61.1. The number of hydrogen-bond donors (Lipinski definition) is 0. The van der Waals surface area contributed by atoms with Crippen molar-refractivity contribution in [3.63, 3.8) is 0 Å². The molecule has 0 amide bonds. The van der Waals surface area contributed by atoms with Crippen LogP contribution in [-0.4, -0.2) is 37.2 Å². The third-order valence-electron chi connectivity index (χ3n) is 10.7. The SMILES string of the molecule is CC/C=C\C/C=C\C/C=C\C/C=C\CCCCCC(=O)OCC(COC(=O)CCCCCCCCC/C=C\CCCCCC)OC(=O)CCCCC/C=C\C/C=C\C/C=C\C/C=C\CC. The van der Waals surface area contributed by atoms with Gasteiger partial charge in [-0.05, 0) is 122 Å². The maximum absolute atomic E-state index is 12.8. The molecule has 1 atom stereocenters. The van der Waals surface area contributed by atoms with E-state index in [2.05, 4.69) is 130 Å². The Morgan fingerprint density at radius 3 is 0.969 bits per heavy atom. The first-order valence-corrected chi connectivity index (χ1v) is 26.4. The molecule has 0 aliphatic carbocycles. The zero-order valence-corrected chi connectivity index (χ0v) is 42.0. The minimum atomic E-state index is -0.811. The molecule has 0 fully saturated rings. The number of unbranched alkanes of at least 4 members (excludes halogenated alkanes) is 17. The number of carbonyl (C=O) groups is 3. The lowest BCUT2D eigenvalue weighted by Crippen LogP contribution is -2.30. The second kappa shape index (κ2) is 52.7. The van der Waals surface area contributed by atoms with Gasteiger partial charge < -0.3 is 14.2 Å². The molecule has 0 bridgehead atoms. The Kier molecular flexibility index (Phi) is 49.5. The Morgan fingerprint density at radius 2 is 0.600 bits per heavy atom. The fourth-order valence-corrected chi connectivity index (χ4v) is 6.83. The summed E-state index contributed by atoms with van der Waals surface area (Å²) in [6.45, 7) is 6.33. The largest absolute Gasteiger partial charge is 0.462 e. The van der Waals surface area contributed by atoms with E-state index >= 15 is 0 Å². The second-order valence-corrected chi connectivity index (χ2v) is 17.0. The molecule has 0 aromatic carbocycles. The summed E-state index contributed by atoms with van der Waals surface area (Å²) < 4.78 is 16.8. The molecule has 0 rings (SSSR count). The maximum atomic E-state index is 12.8. The highest BCUT2D eigenvalue weighted by atomic mass is 16.6. The Bertz CT molecular complexity index is 1360. The second-order valence-electron chi connectivity index (χ2n) is 17.0. The van der Waals surface area contributed by atoms with Gasteiger partial charge in [-0.25, -0.2) is 0 Å². The van der Waals surface area contributed by atoms with Gasteiger partial charge in [-0.15, -0.1) is 0 Å². The van der Waals surface area contributed by atoms with Gasteiger partial charge in [-0.1, -0.05) is 194 Å². The van der Waals surface area contributed by atoms with Gasteiger partial charge in [0.15, 0.2) is 6.10 Å². The first-order chi connectivity index (χ1) is 32.0. The fourth-order valence-electron chi connectivity index (χ4n) is 6.83. The number of carbonyl (C=O) groups excluding carboxylic acids is 3. The monoisotopic (exact) mass is 901 g/mol. The van der Waals surface area contributed by atoms with Gasteiger partial charge in [0.1, 0.15) is 13.2 Å².